The predicted octanol–water partition coefficient (Wildman–Crippen LogP) is 1.63. The number of rotatable bonds is 0. The van der Waals surface area contributed by atoms with Crippen molar-refractivity contribution in [1.82, 2.24) is 0 Å². The first-order valence-corrected chi connectivity index (χ1v) is 3.88. The molecule has 2 nitrogen and oxygen atoms in total. The van der Waals surface area contributed by atoms with Gasteiger partial charge in [-0.2, -0.15) is 0 Å². The molecular formula is C9H12O2. The van der Waals surface area contributed by atoms with Crippen LogP contribution in [-0.4, -0.2) is 19.0 Å². The molecule has 2 unspecified atom stereocenters. The minimum absolute atomic E-state index is 0.165. The van der Waals surface area contributed by atoms with E-state index < -0.39 is 0 Å². The van der Waals surface area contributed by atoms with Crippen LogP contribution in [0.1, 0.15) is 13.8 Å². The average Bonchev–Trinajstić information content (AvgIpc) is 2.45. The van der Waals surface area contributed by atoms with E-state index in [1.54, 1.807) is 0 Å². The van der Waals surface area contributed by atoms with Crippen LogP contribution >= 0.6 is 0 Å². The van der Waals surface area contributed by atoms with Crippen molar-refractivity contribution in [2.75, 3.05) is 6.79 Å². The molecule has 60 valence electrons. The van der Waals surface area contributed by atoms with E-state index in [-0.39, 0.29) is 12.2 Å². The highest BCUT2D eigenvalue weighted by Gasteiger charge is 2.31. The van der Waals surface area contributed by atoms with E-state index in [1.165, 1.54) is 11.1 Å². The lowest BCUT2D eigenvalue weighted by Gasteiger charge is -2.20. The van der Waals surface area contributed by atoms with Crippen molar-refractivity contribution >= 4 is 0 Å². The fourth-order valence-electron chi connectivity index (χ4n) is 1.50. The summed E-state index contributed by atoms with van der Waals surface area (Å²) in [6.45, 7) is 4.64. The van der Waals surface area contributed by atoms with Crippen molar-refractivity contribution in [3.05, 3.63) is 23.3 Å². The van der Waals surface area contributed by atoms with Crippen LogP contribution in [0.2, 0.25) is 0 Å². The zero-order valence-electron chi connectivity index (χ0n) is 6.83. The van der Waals surface area contributed by atoms with Gasteiger partial charge in [0.25, 0.3) is 0 Å². The van der Waals surface area contributed by atoms with Gasteiger partial charge in [0.15, 0.2) is 0 Å². The molecule has 2 atom stereocenters. The second-order valence-electron chi connectivity index (χ2n) is 3.06. The topological polar surface area (TPSA) is 18.5 Å². The van der Waals surface area contributed by atoms with Gasteiger partial charge in [-0.25, -0.2) is 0 Å². The van der Waals surface area contributed by atoms with Gasteiger partial charge in [0.2, 0.25) is 0 Å². The van der Waals surface area contributed by atoms with Gasteiger partial charge in [0.05, 0.1) is 0 Å². The van der Waals surface area contributed by atoms with E-state index in [1.807, 2.05) is 0 Å². The molecule has 1 saturated heterocycles. The van der Waals surface area contributed by atoms with Crippen molar-refractivity contribution < 1.29 is 9.47 Å². The molecule has 0 spiro atoms. The second kappa shape index (κ2) is 2.47. The second-order valence-corrected chi connectivity index (χ2v) is 3.06. The molecule has 0 bridgehead atoms. The third kappa shape index (κ3) is 1.03. The summed E-state index contributed by atoms with van der Waals surface area (Å²) in [6, 6.07) is 0. The summed E-state index contributed by atoms with van der Waals surface area (Å²) in [5.74, 6) is 0. The van der Waals surface area contributed by atoms with Crippen LogP contribution in [0.4, 0.5) is 0 Å². The van der Waals surface area contributed by atoms with Crippen molar-refractivity contribution in [2.24, 2.45) is 0 Å². The van der Waals surface area contributed by atoms with Crippen LogP contribution in [0.25, 0.3) is 0 Å². The number of allylic oxidation sites excluding steroid dienone is 2. The molecule has 1 aliphatic carbocycles. The Bertz CT molecular complexity index is 228. The summed E-state index contributed by atoms with van der Waals surface area (Å²) in [6.07, 6.45) is 4.52. The molecule has 0 aromatic rings. The maximum Gasteiger partial charge on any atom is 0.148 e. The molecule has 0 aromatic heterocycles. The van der Waals surface area contributed by atoms with E-state index in [4.69, 9.17) is 9.47 Å². The molecular weight excluding hydrogens is 140 g/mol. The minimum atomic E-state index is 0.165. The summed E-state index contributed by atoms with van der Waals surface area (Å²) in [4.78, 5) is 0. The average molecular weight is 152 g/mol. The van der Waals surface area contributed by atoms with Crippen molar-refractivity contribution in [3.8, 4) is 0 Å². The van der Waals surface area contributed by atoms with Crippen LogP contribution in [-0.2, 0) is 9.47 Å². The highest BCUT2D eigenvalue weighted by atomic mass is 16.7. The Kier molecular flexibility index (Phi) is 1.59. The molecule has 0 radical (unpaired) electrons. The molecule has 2 rings (SSSR count). The van der Waals surface area contributed by atoms with Gasteiger partial charge >= 0.3 is 0 Å². The predicted molar refractivity (Wildman–Crippen MR) is 42.1 cm³/mol. The Morgan fingerprint density at radius 3 is 3.00 bits per heavy atom. The lowest BCUT2D eigenvalue weighted by Crippen LogP contribution is -2.24. The largest absolute Gasteiger partial charge is 0.345 e. The molecule has 1 aliphatic heterocycles. The maximum atomic E-state index is 5.41. The van der Waals surface area contributed by atoms with E-state index in [2.05, 4.69) is 26.0 Å². The Morgan fingerprint density at radius 2 is 2.18 bits per heavy atom. The van der Waals surface area contributed by atoms with Gasteiger partial charge in [-0.05, 0) is 25.0 Å². The monoisotopic (exact) mass is 152 g/mol. The Labute approximate surface area is 66.5 Å². The SMILES string of the molecule is CC1=C(C)C2OCOC2C=C1. The first-order valence-electron chi connectivity index (χ1n) is 3.88. The van der Waals surface area contributed by atoms with Gasteiger partial charge < -0.3 is 9.47 Å². The third-order valence-corrected chi connectivity index (χ3v) is 2.39. The number of ether oxygens (including phenoxy) is 2. The fraction of sp³-hybridized carbons (Fsp3) is 0.556. The van der Waals surface area contributed by atoms with E-state index in [0.717, 1.165) is 0 Å². The maximum absolute atomic E-state index is 5.41. The molecule has 0 N–H and O–H groups in total. The summed E-state index contributed by atoms with van der Waals surface area (Å²) in [7, 11) is 0. The highest BCUT2D eigenvalue weighted by Crippen LogP contribution is 2.27. The minimum Gasteiger partial charge on any atom is -0.345 e. The highest BCUT2D eigenvalue weighted by molar-refractivity contribution is 5.32. The van der Waals surface area contributed by atoms with E-state index in [9.17, 15) is 0 Å². The number of hydrogen-bond donors (Lipinski definition) is 0. The molecule has 2 aliphatic rings. The van der Waals surface area contributed by atoms with E-state index >= 15 is 0 Å². The van der Waals surface area contributed by atoms with Gasteiger partial charge in [-0.3, -0.25) is 0 Å². The summed E-state index contributed by atoms with van der Waals surface area (Å²) in [5.41, 5.74) is 2.60. The quantitative estimate of drug-likeness (QED) is 0.525. The summed E-state index contributed by atoms with van der Waals surface area (Å²) < 4.78 is 10.7. The summed E-state index contributed by atoms with van der Waals surface area (Å²) in [5, 5.41) is 0. The van der Waals surface area contributed by atoms with Crippen LogP contribution in [0.15, 0.2) is 23.3 Å². The van der Waals surface area contributed by atoms with Gasteiger partial charge in [-0.15, -0.1) is 0 Å². The van der Waals surface area contributed by atoms with Gasteiger partial charge in [0.1, 0.15) is 19.0 Å². The lowest BCUT2D eigenvalue weighted by atomic mass is 9.95. The Hall–Kier alpha value is -0.600. The van der Waals surface area contributed by atoms with Gasteiger partial charge in [-0.1, -0.05) is 12.2 Å². The van der Waals surface area contributed by atoms with Crippen LogP contribution in [0.3, 0.4) is 0 Å². The fourth-order valence-corrected chi connectivity index (χ4v) is 1.50. The van der Waals surface area contributed by atoms with Crippen LogP contribution in [0.5, 0.6) is 0 Å². The molecule has 0 aromatic carbocycles. The number of hydrogen-bond acceptors (Lipinski definition) is 2. The molecule has 0 amide bonds. The van der Waals surface area contributed by atoms with Crippen molar-refractivity contribution in [2.45, 2.75) is 26.1 Å². The number of fused-ring (bicyclic) bond motifs is 1. The molecule has 1 heterocycles. The zero-order valence-corrected chi connectivity index (χ0v) is 6.83. The molecule has 0 saturated carbocycles. The Balaban J connectivity index is 2.30. The normalized spacial score (nSPS) is 36.2. The molecule has 11 heavy (non-hydrogen) atoms. The third-order valence-electron chi connectivity index (χ3n) is 2.39. The van der Waals surface area contributed by atoms with Crippen molar-refractivity contribution in [3.63, 3.8) is 0 Å². The smallest absolute Gasteiger partial charge is 0.148 e. The van der Waals surface area contributed by atoms with Crippen LogP contribution in [0, 0.1) is 0 Å². The van der Waals surface area contributed by atoms with Crippen LogP contribution < -0.4 is 0 Å². The molecule has 1 fully saturated rings. The first kappa shape index (κ1) is 7.07. The Morgan fingerprint density at radius 1 is 1.36 bits per heavy atom. The molecule has 2 heteroatoms. The first-order chi connectivity index (χ1) is 5.29. The van der Waals surface area contributed by atoms with E-state index in [0.29, 0.717) is 6.79 Å². The zero-order chi connectivity index (χ0) is 7.84. The van der Waals surface area contributed by atoms with Crippen molar-refractivity contribution in [1.29, 1.82) is 0 Å². The standard InChI is InChI=1S/C9H12O2/c1-6-3-4-8-9(7(6)2)11-5-10-8/h3-4,8-9H,5H2,1-2H3. The van der Waals surface area contributed by atoms with Gasteiger partial charge in [0, 0.05) is 0 Å². The summed E-state index contributed by atoms with van der Waals surface area (Å²) >= 11 is 0. The lowest BCUT2D eigenvalue weighted by molar-refractivity contribution is 0.0489.